The third-order valence-corrected chi connectivity index (χ3v) is 24.7. The average Bonchev–Trinajstić information content (AvgIpc) is 0.706. The largest absolute Gasteiger partial charge is 0.310 e. The van der Waals surface area contributed by atoms with Gasteiger partial charge in [0.05, 0.1) is 48.8 Å². The van der Waals surface area contributed by atoms with Crippen LogP contribution in [0.25, 0.3) is 124 Å². The number of benzene rings is 21. The Kier molecular flexibility index (Phi) is 16.6. The van der Waals surface area contributed by atoms with Gasteiger partial charge in [-0.25, -0.2) is 4.85 Å². The van der Waals surface area contributed by atoms with Crippen molar-refractivity contribution in [3.63, 3.8) is 0 Å². The van der Waals surface area contributed by atoms with Gasteiger partial charge in [-0.3, -0.25) is 0 Å². The summed E-state index contributed by atoms with van der Waals surface area (Å²) in [7, 11) is -1.47. The van der Waals surface area contributed by atoms with Crippen molar-refractivity contribution >= 4 is 195 Å². The maximum atomic E-state index is 7.71. The van der Waals surface area contributed by atoms with Crippen LogP contribution in [0.4, 0.5) is 73.9 Å². The van der Waals surface area contributed by atoms with Gasteiger partial charge in [-0.05, 0) is 174 Å². The van der Waals surface area contributed by atoms with Crippen molar-refractivity contribution in [2.24, 2.45) is 0 Å². The molecule has 0 fully saturated rings. The molecule has 112 heavy (non-hydrogen) atoms. The van der Waals surface area contributed by atoms with Crippen LogP contribution in [-0.2, 0) is 0 Å². The van der Waals surface area contributed by atoms with Crippen molar-refractivity contribution in [1.29, 1.82) is 0 Å². The number of para-hydroxylation sites is 5. The van der Waals surface area contributed by atoms with E-state index >= 15 is 0 Å². The van der Waals surface area contributed by atoms with E-state index < -0.39 is 8.07 Å². The second kappa shape index (κ2) is 27.7. The molecule has 0 amide bonds. The predicted octanol–water partition coefficient (Wildman–Crippen LogP) is 30.4. The second-order valence-electron chi connectivity index (χ2n) is 30.1. The minimum Gasteiger partial charge on any atom is -0.310 e. The molecule has 528 valence electrons. The van der Waals surface area contributed by atoms with E-state index in [0.29, 0.717) is 5.69 Å². The summed E-state index contributed by atoms with van der Waals surface area (Å²) in [5.74, 6) is 0. The topological polar surface area (TPSA) is 17.3 Å². The zero-order valence-electron chi connectivity index (χ0n) is 62.3. The molecule has 0 bridgehead atoms. The summed E-state index contributed by atoms with van der Waals surface area (Å²) in [5.41, 5.74) is 16.4. The molecule has 0 aromatic heterocycles. The highest BCUT2D eigenvalue weighted by atomic mass is 28.3. The Balaban J connectivity index is 0.000000146. The SMILES string of the molecule is C[Si](C)(C)c1ccc(N(c2ccccc2)c2ccc3c4ccccc4c4c(N(c5ccccc5)c5ccccc5-c5ccccc5)ccc5ccc2c3c54)cc1.[C-]#[N+]c1ccc(N(c2cc3ccccc3c3ccccc23)c2ccc3c4ccccc4c4c(N(c5ccccc5)c5ccccc5)ccc5ccc2c3c54)cc1. The van der Waals surface area contributed by atoms with Crippen LogP contribution in [0.15, 0.2) is 400 Å². The third kappa shape index (κ3) is 11.4. The Morgan fingerprint density at radius 1 is 0.214 bits per heavy atom. The number of hydrogen-bond donors (Lipinski definition) is 0. The molecule has 0 atom stereocenters. The molecule has 0 aliphatic heterocycles. The number of anilines is 12. The minimum absolute atomic E-state index is 0.618. The molecule has 0 aliphatic carbocycles. The van der Waals surface area contributed by atoms with Crippen molar-refractivity contribution in [2.45, 2.75) is 19.6 Å². The van der Waals surface area contributed by atoms with Crippen molar-refractivity contribution in [1.82, 2.24) is 0 Å². The van der Waals surface area contributed by atoms with E-state index in [4.69, 9.17) is 6.57 Å². The number of rotatable bonds is 14. The first kappa shape index (κ1) is 67.0. The molecule has 5 nitrogen and oxygen atoms in total. The highest BCUT2D eigenvalue weighted by Crippen LogP contribution is 2.55. The van der Waals surface area contributed by atoms with E-state index in [1.165, 1.54) is 130 Å². The molecule has 0 N–H and O–H groups in total. The molecule has 6 heteroatoms. The predicted molar refractivity (Wildman–Crippen MR) is 484 cm³/mol. The molecule has 0 heterocycles. The number of nitrogens with zero attached hydrogens (tertiary/aromatic N) is 5. The Morgan fingerprint density at radius 2 is 0.554 bits per heavy atom. The van der Waals surface area contributed by atoms with Gasteiger partial charge < -0.3 is 19.6 Å². The van der Waals surface area contributed by atoms with E-state index in [0.717, 1.165) is 62.6 Å². The van der Waals surface area contributed by atoms with E-state index in [9.17, 15) is 0 Å². The highest BCUT2D eigenvalue weighted by Gasteiger charge is 2.29. The quantitative estimate of drug-likeness (QED) is 0.0467. The average molecular weight is 1450 g/mol. The number of hydrogen-bond acceptors (Lipinski definition) is 4. The van der Waals surface area contributed by atoms with Crippen LogP contribution >= 0.6 is 0 Å². The van der Waals surface area contributed by atoms with Gasteiger partial charge in [0.1, 0.15) is 0 Å². The maximum Gasteiger partial charge on any atom is 0.187 e. The second-order valence-corrected chi connectivity index (χ2v) is 35.2. The highest BCUT2D eigenvalue weighted by molar-refractivity contribution is 6.88. The summed E-state index contributed by atoms with van der Waals surface area (Å²) in [4.78, 5) is 13.4. The van der Waals surface area contributed by atoms with Gasteiger partial charge >= 0.3 is 0 Å². The fourth-order valence-corrected chi connectivity index (χ4v) is 18.8. The molecular weight excluding hydrogens is 1370 g/mol. The lowest BCUT2D eigenvalue weighted by Crippen LogP contribution is -2.37. The Hall–Kier alpha value is -14.4. The van der Waals surface area contributed by atoms with Crippen molar-refractivity contribution in [3.8, 4) is 11.1 Å². The summed E-state index contributed by atoms with van der Waals surface area (Å²) >= 11 is 0. The molecule has 0 spiro atoms. The van der Waals surface area contributed by atoms with Gasteiger partial charge in [0.25, 0.3) is 0 Å². The van der Waals surface area contributed by atoms with Crippen molar-refractivity contribution < 1.29 is 0 Å². The van der Waals surface area contributed by atoms with Crippen LogP contribution < -0.4 is 24.8 Å². The van der Waals surface area contributed by atoms with Crippen LogP contribution in [0.5, 0.6) is 0 Å². The fraction of sp³-hybridized carbons (Fsp3) is 0.0283. The van der Waals surface area contributed by atoms with Gasteiger partial charge in [0.2, 0.25) is 0 Å². The van der Waals surface area contributed by atoms with Crippen LogP contribution in [0.3, 0.4) is 0 Å². The van der Waals surface area contributed by atoms with Crippen LogP contribution in [-0.4, -0.2) is 8.07 Å². The van der Waals surface area contributed by atoms with E-state index in [2.05, 4.69) is 432 Å². The first-order valence-electron chi connectivity index (χ1n) is 38.5. The lowest BCUT2D eigenvalue weighted by atomic mass is 9.87. The Labute approximate surface area is 652 Å². The molecule has 21 aromatic carbocycles. The summed E-state index contributed by atoms with van der Waals surface area (Å²) in [5, 5.41) is 26.1. The standard InChI is InChI=1S/C53H33N3.C53H42N2Si/c1-54-37-26-28-40(29-27-37)56(50-34-36-14-8-9-19-41(36)42-20-10-12-22-44(42)50)48-33-31-46-43-21-11-13-23-45(43)53-49(32-25-35-24-30-47(48)52(46)51(35)53)55(38-15-4-2-5-16-38)39-17-6-3-7-18-39;1-56(2,3)42-31-29-41(30-32-42)54(39-19-9-5-10-20-39)49-36-34-46-44-24-13-14-25-45(44)53-50(35-28-38-27-33-47(49)52(46)51(38)53)55(40-21-11-6-12-22-40)48-26-16-15-23-43(48)37-17-7-4-8-18-37/h2-34H;4-36H,1-3H3. The Bertz CT molecular complexity index is 7130. The van der Waals surface area contributed by atoms with Crippen LogP contribution in [0.2, 0.25) is 19.6 Å². The van der Waals surface area contributed by atoms with Crippen molar-refractivity contribution in [3.05, 3.63) is 412 Å². The van der Waals surface area contributed by atoms with Crippen LogP contribution in [0.1, 0.15) is 0 Å². The normalized spacial score (nSPS) is 11.7. The first-order chi connectivity index (χ1) is 55.2. The summed E-state index contributed by atoms with van der Waals surface area (Å²) in [6.45, 7) is 14.9. The molecular formula is C106H75N5Si. The monoisotopic (exact) mass is 1450 g/mol. The summed E-state index contributed by atoms with van der Waals surface area (Å²) in [6.07, 6.45) is 0. The first-order valence-corrected chi connectivity index (χ1v) is 42.0. The molecule has 0 unspecified atom stereocenters. The van der Waals surface area contributed by atoms with Gasteiger partial charge in [0.15, 0.2) is 5.69 Å². The maximum absolute atomic E-state index is 7.71. The molecule has 21 rings (SSSR count). The lowest BCUT2D eigenvalue weighted by Gasteiger charge is -2.31. The molecule has 0 saturated heterocycles. The van der Waals surface area contributed by atoms with E-state index in [1.807, 2.05) is 12.1 Å². The lowest BCUT2D eigenvalue weighted by molar-refractivity contribution is 1.30. The van der Waals surface area contributed by atoms with E-state index in [1.54, 1.807) is 0 Å². The third-order valence-electron chi connectivity index (χ3n) is 22.7. The minimum atomic E-state index is -1.47. The van der Waals surface area contributed by atoms with Crippen molar-refractivity contribution in [2.75, 3.05) is 19.6 Å². The van der Waals surface area contributed by atoms with Gasteiger partial charge in [-0.15, -0.1) is 0 Å². The Morgan fingerprint density at radius 3 is 1.06 bits per heavy atom. The number of fused-ring (bicyclic) bond motifs is 9. The molecule has 0 aliphatic rings. The summed E-state index contributed by atoms with van der Waals surface area (Å²) < 4.78 is 0. The van der Waals surface area contributed by atoms with E-state index in [-0.39, 0.29) is 0 Å². The fourth-order valence-electron chi connectivity index (χ4n) is 17.6. The zero-order valence-corrected chi connectivity index (χ0v) is 63.3. The smallest absolute Gasteiger partial charge is 0.187 e. The molecule has 21 aromatic rings. The molecule has 0 radical (unpaired) electrons. The van der Waals surface area contributed by atoms with Gasteiger partial charge in [-0.1, -0.05) is 316 Å². The summed E-state index contributed by atoms with van der Waals surface area (Å²) in [6, 6.07) is 145. The van der Waals surface area contributed by atoms with Gasteiger partial charge in [-0.2, -0.15) is 0 Å². The zero-order chi connectivity index (χ0) is 75.0. The van der Waals surface area contributed by atoms with Crippen LogP contribution in [0, 0.1) is 6.57 Å². The van der Waals surface area contributed by atoms with Gasteiger partial charge in [0, 0.05) is 88.2 Å². The molecule has 0 saturated carbocycles.